The first-order valence-electron chi connectivity index (χ1n) is 7.19. The molecular weight excluding hydrogens is 278 g/mol. The lowest BCUT2D eigenvalue weighted by Crippen LogP contribution is -2.87. The zero-order valence-electron chi connectivity index (χ0n) is 12.5. The zero-order valence-corrected chi connectivity index (χ0v) is 12.5. The highest BCUT2D eigenvalue weighted by Crippen LogP contribution is 2.05. The number of carbonyl (C=O) groups excluding carboxylic acids is 2. The van der Waals surface area contributed by atoms with Crippen molar-refractivity contribution in [2.24, 2.45) is 0 Å². The number of nitrogens with one attached hydrogen (secondary N) is 2. The van der Waals surface area contributed by atoms with E-state index in [0.717, 1.165) is 5.56 Å². The SMILES string of the molecule is C[C@@H]([NH2+]CC(=O)NNC(=O)c1ccccc1)c1ccccc1. The summed E-state index contributed by atoms with van der Waals surface area (Å²) in [4.78, 5) is 23.5. The number of nitrogens with two attached hydrogens (primary N) is 1. The maximum absolute atomic E-state index is 11.8. The lowest BCUT2D eigenvalue weighted by Gasteiger charge is -2.11. The summed E-state index contributed by atoms with van der Waals surface area (Å²) in [7, 11) is 0. The van der Waals surface area contributed by atoms with Crippen LogP contribution in [0, 0.1) is 0 Å². The highest BCUT2D eigenvalue weighted by molar-refractivity contribution is 5.95. The fraction of sp³-hybridized carbons (Fsp3) is 0.176. The Kier molecular flexibility index (Phi) is 5.68. The van der Waals surface area contributed by atoms with Crippen LogP contribution in [0.1, 0.15) is 28.9 Å². The Hall–Kier alpha value is -2.66. The van der Waals surface area contributed by atoms with Crippen LogP contribution in [-0.4, -0.2) is 18.4 Å². The molecule has 1 atom stereocenters. The summed E-state index contributed by atoms with van der Waals surface area (Å²) >= 11 is 0. The molecule has 0 bridgehead atoms. The molecule has 0 saturated heterocycles. The Morgan fingerprint density at radius 1 is 0.955 bits per heavy atom. The molecule has 0 saturated carbocycles. The molecule has 114 valence electrons. The Morgan fingerprint density at radius 3 is 2.18 bits per heavy atom. The maximum Gasteiger partial charge on any atom is 0.293 e. The average molecular weight is 298 g/mol. The van der Waals surface area contributed by atoms with Gasteiger partial charge in [-0.3, -0.25) is 20.4 Å². The molecule has 0 spiro atoms. The van der Waals surface area contributed by atoms with Crippen molar-refractivity contribution >= 4 is 11.8 Å². The van der Waals surface area contributed by atoms with Gasteiger partial charge in [0.15, 0.2) is 6.54 Å². The molecule has 0 unspecified atom stereocenters. The largest absolute Gasteiger partial charge is 0.332 e. The second-order valence-corrected chi connectivity index (χ2v) is 5.01. The molecule has 4 N–H and O–H groups in total. The standard InChI is InChI=1S/C17H19N3O2/c1-13(14-8-4-2-5-9-14)18-12-16(21)19-20-17(22)15-10-6-3-7-11-15/h2-11,13,18H,12H2,1H3,(H,19,21)(H,20,22)/p+1/t13-/m1/s1. The number of hydrazine groups is 1. The highest BCUT2D eigenvalue weighted by Gasteiger charge is 2.12. The molecule has 22 heavy (non-hydrogen) atoms. The third kappa shape index (κ3) is 4.71. The minimum atomic E-state index is -0.329. The van der Waals surface area contributed by atoms with Crippen molar-refractivity contribution in [3.05, 3.63) is 71.8 Å². The fourth-order valence-electron chi connectivity index (χ4n) is 2.02. The van der Waals surface area contributed by atoms with Crippen molar-refractivity contribution in [1.82, 2.24) is 10.9 Å². The first-order valence-corrected chi connectivity index (χ1v) is 7.19. The fourth-order valence-corrected chi connectivity index (χ4v) is 2.02. The van der Waals surface area contributed by atoms with Crippen LogP contribution >= 0.6 is 0 Å². The number of hydrogen-bond donors (Lipinski definition) is 3. The van der Waals surface area contributed by atoms with Crippen LogP contribution in [0.4, 0.5) is 0 Å². The van der Waals surface area contributed by atoms with Gasteiger partial charge in [-0.25, -0.2) is 0 Å². The van der Waals surface area contributed by atoms with Gasteiger partial charge in [-0.2, -0.15) is 0 Å². The Morgan fingerprint density at radius 2 is 1.55 bits per heavy atom. The molecule has 2 aromatic rings. The molecular formula is C17H20N3O2+. The highest BCUT2D eigenvalue weighted by atomic mass is 16.2. The quantitative estimate of drug-likeness (QED) is 0.713. The Bertz CT molecular complexity index is 614. The van der Waals surface area contributed by atoms with E-state index in [2.05, 4.69) is 10.9 Å². The van der Waals surface area contributed by atoms with E-state index in [1.807, 2.05) is 48.6 Å². The molecule has 0 aliphatic heterocycles. The number of carbonyl (C=O) groups is 2. The third-order valence-corrected chi connectivity index (χ3v) is 3.33. The molecule has 2 rings (SSSR count). The molecule has 5 nitrogen and oxygen atoms in total. The zero-order chi connectivity index (χ0) is 15.8. The van der Waals surface area contributed by atoms with E-state index >= 15 is 0 Å². The van der Waals surface area contributed by atoms with Gasteiger partial charge in [-0.1, -0.05) is 48.5 Å². The third-order valence-electron chi connectivity index (χ3n) is 3.33. The summed E-state index contributed by atoms with van der Waals surface area (Å²) in [6, 6.07) is 18.9. The van der Waals surface area contributed by atoms with E-state index in [-0.39, 0.29) is 24.4 Å². The number of rotatable bonds is 5. The maximum atomic E-state index is 11.8. The lowest BCUT2D eigenvalue weighted by molar-refractivity contribution is -0.682. The van der Waals surface area contributed by atoms with Crippen LogP contribution in [-0.2, 0) is 4.79 Å². The van der Waals surface area contributed by atoms with Gasteiger partial charge < -0.3 is 5.32 Å². The van der Waals surface area contributed by atoms with Gasteiger partial charge in [0, 0.05) is 11.1 Å². The normalized spacial score (nSPS) is 11.5. The van der Waals surface area contributed by atoms with Gasteiger partial charge in [0.1, 0.15) is 6.04 Å². The molecule has 0 aromatic heterocycles. The van der Waals surface area contributed by atoms with Gasteiger partial charge in [-0.15, -0.1) is 0 Å². The summed E-state index contributed by atoms with van der Waals surface area (Å²) < 4.78 is 0. The van der Waals surface area contributed by atoms with Crippen molar-refractivity contribution in [3.8, 4) is 0 Å². The van der Waals surface area contributed by atoms with E-state index in [0.29, 0.717) is 5.56 Å². The molecule has 0 aliphatic carbocycles. The van der Waals surface area contributed by atoms with E-state index in [1.54, 1.807) is 24.3 Å². The molecule has 2 aromatic carbocycles. The molecule has 0 radical (unpaired) electrons. The van der Waals surface area contributed by atoms with Gasteiger partial charge in [0.25, 0.3) is 11.8 Å². The first-order chi connectivity index (χ1) is 10.7. The predicted octanol–water partition coefficient (Wildman–Crippen LogP) is 0.772. The van der Waals surface area contributed by atoms with E-state index in [4.69, 9.17) is 0 Å². The van der Waals surface area contributed by atoms with Crippen LogP contribution in [0.15, 0.2) is 60.7 Å². The Labute approximate surface area is 129 Å². The van der Waals surface area contributed by atoms with Crippen LogP contribution < -0.4 is 16.2 Å². The number of benzene rings is 2. The molecule has 5 heteroatoms. The molecule has 0 aliphatic rings. The first kappa shape index (κ1) is 15.7. The van der Waals surface area contributed by atoms with Crippen molar-refractivity contribution in [2.75, 3.05) is 6.54 Å². The minimum Gasteiger partial charge on any atom is -0.332 e. The number of hydrogen-bond acceptors (Lipinski definition) is 2. The van der Waals surface area contributed by atoms with Gasteiger partial charge >= 0.3 is 0 Å². The summed E-state index contributed by atoms with van der Waals surface area (Å²) in [6.45, 7) is 2.27. The van der Waals surface area contributed by atoms with Crippen LogP contribution in [0.2, 0.25) is 0 Å². The second kappa shape index (κ2) is 7.95. The van der Waals surface area contributed by atoms with Gasteiger partial charge in [0.2, 0.25) is 0 Å². The smallest absolute Gasteiger partial charge is 0.293 e. The van der Waals surface area contributed by atoms with E-state index < -0.39 is 0 Å². The van der Waals surface area contributed by atoms with Crippen molar-refractivity contribution in [3.63, 3.8) is 0 Å². The van der Waals surface area contributed by atoms with Crippen molar-refractivity contribution in [1.29, 1.82) is 0 Å². The summed E-state index contributed by atoms with van der Waals surface area (Å²) in [6.07, 6.45) is 0. The van der Waals surface area contributed by atoms with Gasteiger partial charge in [-0.05, 0) is 19.1 Å². The minimum absolute atomic E-state index is 0.178. The van der Waals surface area contributed by atoms with Gasteiger partial charge in [0.05, 0.1) is 0 Å². The van der Waals surface area contributed by atoms with E-state index in [1.165, 1.54) is 0 Å². The predicted molar refractivity (Wildman–Crippen MR) is 83.7 cm³/mol. The summed E-state index contributed by atoms with van der Waals surface area (Å²) in [5.41, 5.74) is 6.48. The van der Waals surface area contributed by atoms with E-state index in [9.17, 15) is 9.59 Å². The van der Waals surface area contributed by atoms with Crippen LogP contribution in [0.25, 0.3) is 0 Å². The number of amides is 2. The molecule has 0 heterocycles. The van der Waals surface area contributed by atoms with Crippen molar-refractivity contribution < 1.29 is 14.9 Å². The summed E-state index contributed by atoms with van der Waals surface area (Å²) in [5, 5.41) is 1.92. The molecule has 2 amide bonds. The number of quaternary nitrogens is 1. The van der Waals surface area contributed by atoms with Crippen LogP contribution in [0.3, 0.4) is 0 Å². The Balaban J connectivity index is 1.73. The molecule has 0 fully saturated rings. The van der Waals surface area contributed by atoms with Crippen molar-refractivity contribution in [2.45, 2.75) is 13.0 Å². The lowest BCUT2D eigenvalue weighted by atomic mass is 10.1. The monoisotopic (exact) mass is 298 g/mol. The van der Waals surface area contributed by atoms with Crippen LogP contribution in [0.5, 0.6) is 0 Å². The second-order valence-electron chi connectivity index (χ2n) is 5.01. The average Bonchev–Trinajstić information content (AvgIpc) is 2.59. The topological polar surface area (TPSA) is 74.8 Å². The summed E-state index contributed by atoms with van der Waals surface area (Å²) in [5.74, 6) is -0.572.